The van der Waals surface area contributed by atoms with Crippen LogP contribution in [0.1, 0.15) is 11.1 Å². The summed E-state index contributed by atoms with van der Waals surface area (Å²) in [6, 6.07) is 1.64. The Morgan fingerprint density at radius 1 is 1.53 bits per heavy atom. The summed E-state index contributed by atoms with van der Waals surface area (Å²) in [6.45, 7) is 1.92. The minimum absolute atomic E-state index is 0.0481. The molecule has 2 heterocycles. The molecule has 2 aromatic heterocycles. The third kappa shape index (κ3) is 1.69. The third-order valence-electron chi connectivity index (χ3n) is 1.92. The van der Waals surface area contributed by atoms with Crippen molar-refractivity contribution in [3.05, 3.63) is 35.8 Å². The van der Waals surface area contributed by atoms with Crippen molar-refractivity contribution in [1.82, 2.24) is 20.0 Å². The Morgan fingerprint density at radius 2 is 2.33 bits per heavy atom. The monoisotopic (exact) mass is 202 g/mol. The zero-order valence-electron chi connectivity index (χ0n) is 8.18. The van der Waals surface area contributed by atoms with Crippen molar-refractivity contribution in [2.75, 3.05) is 0 Å². The van der Waals surface area contributed by atoms with Crippen LogP contribution >= 0.6 is 0 Å². The number of aryl methyl sites for hydroxylation is 1. The highest BCUT2D eigenvalue weighted by Crippen LogP contribution is 2.09. The van der Waals surface area contributed by atoms with Crippen molar-refractivity contribution in [3.63, 3.8) is 0 Å². The van der Waals surface area contributed by atoms with Gasteiger partial charge in [-0.1, -0.05) is 0 Å². The Bertz CT molecular complexity index is 501. The van der Waals surface area contributed by atoms with Crippen LogP contribution in [0.4, 0.5) is 0 Å². The van der Waals surface area contributed by atoms with Crippen LogP contribution in [0.15, 0.2) is 24.7 Å². The maximum Gasteiger partial charge on any atom is 0.186 e. The Balaban J connectivity index is 2.57. The second-order valence-corrected chi connectivity index (χ2v) is 3.14. The van der Waals surface area contributed by atoms with Gasteiger partial charge in [-0.2, -0.15) is 10.2 Å². The van der Waals surface area contributed by atoms with Crippen molar-refractivity contribution in [1.29, 1.82) is 5.41 Å². The molecule has 15 heavy (non-hydrogen) atoms. The van der Waals surface area contributed by atoms with Crippen molar-refractivity contribution in [2.24, 2.45) is 5.73 Å². The van der Waals surface area contributed by atoms with Crippen LogP contribution in [-0.2, 0) is 0 Å². The molecule has 3 N–H and O–H groups in total. The maximum absolute atomic E-state index is 7.40. The van der Waals surface area contributed by atoms with Gasteiger partial charge in [-0.15, -0.1) is 5.10 Å². The molecule has 2 aromatic rings. The van der Waals surface area contributed by atoms with Gasteiger partial charge in [0.25, 0.3) is 0 Å². The zero-order valence-corrected chi connectivity index (χ0v) is 8.18. The number of hydrogen-bond donors (Lipinski definition) is 2. The Morgan fingerprint density at radius 3 is 2.93 bits per heavy atom. The lowest BCUT2D eigenvalue weighted by Gasteiger charge is -2.04. The van der Waals surface area contributed by atoms with Crippen molar-refractivity contribution in [3.8, 4) is 5.82 Å². The number of hydrogen-bond acceptors (Lipinski definition) is 4. The summed E-state index contributed by atoms with van der Waals surface area (Å²) in [5.74, 6) is 0.422. The van der Waals surface area contributed by atoms with E-state index in [9.17, 15) is 0 Å². The molecule has 0 atom stereocenters. The van der Waals surface area contributed by atoms with Gasteiger partial charge in [-0.3, -0.25) is 5.41 Å². The molecule has 0 saturated carbocycles. The highest BCUT2D eigenvalue weighted by molar-refractivity contribution is 5.97. The summed E-state index contributed by atoms with van der Waals surface area (Å²) in [6.07, 6.45) is 5.01. The van der Waals surface area contributed by atoms with Gasteiger partial charge in [0.05, 0.1) is 18.0 Å². The second kappa shape index (κ2) is 3.49. The first-order valence-electron chi connectivity index (χ1n) is 4.36. The van der Waals surface area contributed by atoms with E-state index < -0.39 is 0 Å². The molecule has 0 bridgehead atoms. The maximum atomic E-state index is 7.40. The van der Waals surface area contributed by atoms with Crippen LogP contribution in [0, 0.1) is 12.3 Å². The van der Waals surface area contributed by atoms with Gasteiger partial charge in [0.1, 0.15) is 5.84 Å². The van der Waals surface area contributed by atoms with Crippen molar-refractivity contribution < 1.29 is 0 Å². The summed E-state index contributed by atoms with van der Waals surface area (Å²) in [5.41, 5.74) is 6.96. The van der Waals surface area contributed by atoms with Crippen molar-refractivity contribution in [2.45, 2.75) is 6.92 Å². The lowest BCUT2D eigenvalue weighted by molar-refractivity contribution is 0.810. The SMILES string of the molecule is Cc1cnn(-c2nnccc2C(=N)N)c1. The molecule has 2 rings (SSSR count). The predicted octanol–water partition coefficient (Wildman–Crippen LogP) is 0.255. The van der Waals surface area contributed by atoms with Gasteiger partial charge in [-0.05, 0) is 18.6 Å². The van der Waals surface area contributed by atoms with E-state index in [0.717, 1.165) is 5.56 Å². The molecule has 76 valence electrons. The van der Waals surface area contributed by atoms with Gasteiger partial charge in [-0.25, -0.2) is 4.68 Å². The molecule has 0 fully saturated rings. The largest absolute Gasteiger partial charge is 0.384 e. The number of aromatic nitrogens is 4. The number of nitrogens with one attached hydrogen (secondary N) is 1. The summed E-state index contributed by atoms with van der Waals surface area (Å²) >= 11 is 0. The molecule has 0 aliphatic carbocycles. The smallest absolute Gasteiger partial charge is 0.186 e. The molecule has 0 unspecified atom stereocenters. The summed E-state index contributed by atoms with van der Waals surface area (Å²) < 4.78 is 1.55. The first-order valence-corrected chi connectivity index (χ1v) is 4.36. The fraction of sp³-hybridized carbons (Fsp3) is 0.111. The summed E-state index contributed by atoms with van der Waals surface area (Å²) in [4.78, 5) is 0. The van der Waals surface area contributed by atoms with Gasteiger partial charge in [0.2, 0.25) is 0 Å². The Kier molecular flexibility index (Phi) is 2.17. The first kappa shape index (κ1) is 9.32. The molecule has 0 aliphatic rings. The number of amidine groups is 1. The number of nitrogens with zero attached hydrogens (tertiary/aromatic N) is 4. The quantitative estimate of drug-likeness (QED) is 0.539. The summed E-state index contributed by atoms with van der Waals surface area (Å²) in [5, 5.41) is 19.2. The van der Waals surface area contributed by atoms with Crippen LogP contribution in [0.25, 0.3) is 5.82 Å². The van der Waals surface area contributed by atoms with Crippen molar-refractivity contribution >= 4 is 5.84 Å². The van der Waals surface area contributed by atoms with E-state index in [1.165, 1.54) is 6.20 Å². The van der Waals surface area contributed by atoms with E-state index in [1.54, 1.807) is 23.1 Å². The molecule has 6 nitrogen and oxygen atoms in total. The average molecular weight is 202 g/mol. The fourth-order valence-corrected chi connectivity index (χ4v) is 1.23. The molecule has 0 saturated heterocycles. The Hall–Kier alpha value is -2.24. The minimum Gasteiger partial charge on any atom is -0.384 e. The van der Waals surface area contributed by atoms with E-state index in [-0.39, 0.29) is 5.84 Å². The molecular formula is C9H10N6. The van der Waals surface area contributed by atoms with E-state index in [4.69, 9.17) is 11.1 Å². The topological polar surface area (TPSA) is 93.5 Å². The fourth-order valence-electron chi connectivity index (χ4n) is 1.23. The predicted molar refractivity (Wildman–Crippen MR) is 54.9 cm³/mol. The van der Waals surface area contributed by atoms with E-state index in [2.05, 4.69) is 15.3 Å². The minimum atomic E-state index is -0.0481. The molecule has 0 radical (unpaired) electrons. The standard InChI is InChI=1S/C9H10N6/c1-6-4-13-15(5-6)9-7(8(10)11)2-3-12-14-9/h2-5H,1H3,(H3,10,11). The van der Waals surface area contributed by atoms with E-state index in [0.29, 0.717) is 11.4 Å². The van der Waals surface area contributed by atoms with Gasteiger partial charge in [0, 0.05) is 6.20 Å². The van der Waals surface area contributed by atoms with Gasteiger partial charge in [0.15, 0.2) is 5.82 Å². The van der Waals surface area contributed by atoms with Crippen LogP contribution < -0.4 is 5.73 Å². The lowest BCUT2D eigenvalue weighted by atomic mass is 10.2. The molecule has 6 heteroatoms. The zero-order chi connectivity index (χ0) is 10.8. The normalized spacial score (nSPS) is 10.2. The highest BCUT2D eigenvalue weighted by Gasteiger charge is 2.09. The van der Waals surface area contributed by atoms with Crippen LogP contribution in [0.3, 0.4) is 0 Å². The summed E-state index contributed by atoms with van der Waals surface area (Å²) in [7, 11) is 0. The number of rotatable bonds is 2. The number of nitrogen functional groups attached to an aromatic ring is 1. The third-order valence-corrected chi connectivity index (χ3v) is 1.92. The lowest BCUT2D eigenvalue weighted by Crippen LogP contribution is -2.16. The number of nitrogens with two attached hydrogens (primary N) is 1. The van der Waals surface area contributed by atoms with Gasteiger partial charge < -0.3 is 5.73 Å². The molecular weight excluding hydrogens is 192 g/mol. The molecule has 0 spiro atoms. The van der Waals surface area contributed by atoms with E-state index >= 15 is 0 Å². The van der Waals surface area contributed by atoms with Crippen LogP contribution in [0.5, 0.6) is 0 Å². The van der Waals surface area contributed by atoms with Crippen LogP contribution in [-0.4, -0.2) is 25.8 Å². The second-order valence-electron chi connectivity index (χ2n) is 3.14. The van der Waals surface area contributed by atoms with Gasteiger partial charge >= 0.3 is 0 Å². The molecule has 0 aromatic carbocycles. The first-order chi connectivity index (χ1) is 7.18. The average Bonchev–Trinajstić information content (AvgIpc) is 2.65. The Labute approximate surface area is 86.3 Å². The highest BCUT2D eigenvalue weighted by atomic mass is 15.3. The van der Waals surface area contributed by atoms with Crippen LogP contribution in [0.2, 0.25) is 0 Å². The van der Waals surface area contributed by atoms with E-state index in [1.807, 2.05) is 6.92 Å². The molecule has 0 amide bonds. The molecule has 0 aliphatic heterocycles.